The Morgan fingerprint density at radius 2 is 2.23 bits per heavy atom. The predicted octanol–water partition coefficient (Wildman–Crippen LogP) is 2.07. The molecule has 1 fully saturated rings. The van der Waals surface area contributed by atoms with Crippen molar-refractivity contribution in [2.24, 2.45) is 13.0 Å². The first kappa shape index (κ1) is 13.0. The fraction of sp³-hybridized carbons (Fsp3) is 0.333. The van der Waals surface area contributed by atoms with E-state index in [1.807, 2.05) is 17.7 Å². The van der Waals surface area contributed by atoms with Crippen molar-refractivity contribution in [1.82, 2.24) is 24.7 Å². The zero-order chi connectivity index (χ0) is 15.3. The molecule has 1 aliphatic rings. The summed E-state index contributed by atoms with van der Waals surface area (Å²) in [4.78, 5) is 20.8. The van der Waals surface area contributed by atoms with Gasteiger partial charge in [0.15, 0.2) is 11.5 Å². The summed E-state index contributed by atoms with van der Waals surface area (Å²) in [5, 5.41) is 9.93. The Morgan fingerprint density at radius 1 is 1.41 bits per heavy atom. The summed E-state index contributed by atoms with van der Waals surface area (Å²) < 4.78 is 1.81. The molecule has 4 rings (SSSR count). The molecule has 2 N–H and O–H groups in total. The zero-order valence-corrected chi connectivity index (χ0v) is 12.4. The van der Waals surface area contributed by atoms with Gasteiger partial charge < -0.3 is 9.88 Å². The second kappa shape index (κ2) is 4.66. The third-order valence-electron chi connectivity index (χ3n) is 4.16. The average Bonchev–Trinajstić information content (AvgIpc) is 2.92. The maximum Gasteiger partial charge on any atom is 0.258 e. The van der Waals surface area contributed by atoms with E-state index in [1.165, 1.54) is 6.42 Å². The summed E-state index contributed by atoms with van der Waals surface area (Å²) in [7, 11) is 1.87. The van der Waals surface area contributed by atoms with Gasteiger partial charge in [0.2, 0.25) is 0 Å². The number of fused-ring (bicyclic) bond motifs is 1. The Labute approximate surface area is 126 Å². The number of nitrogens with one attached hydrogen (secondary N) is 2. The fourth-order valence-electron chi connectivity index (χ4n) is 2.67. The number of imidazole rings is 1. The lowest BCUT2D eigenvalue weighted by Gasteiger charge is -2.01. The lowest BCUT2D eigenvalue weighted by Crippen LogP contribution is -2.12. The van der Waals surface area contributed by atoms with Crippen LogP contribution in [0.3, 0.4) is 0 Å². The molecule has 3 aromatic heterocycles. The standard InChI is InChI=1S/C15H16N6O/c1-8-3-10(8)11-5-13(20-19-11)18-15(22)9-4-12-14(16-6-9)21(2)7-17-12/h4-8,10H,3H2,1-2H3,(H2,18,19,20,22). The minimum atomic E-state index is -0.234. The van der Waals surface area contributed by atoms with Crippen molar-refractivity contribution < 1.29 is 4.79 Å². The molecule has 1 saturated carbocycles. The van der Waals surface area contributed by atoms with E-state index in [2.05, 4.69) is 32.4 Å². The van der Waals surface area contributed by atoms with Gasteiger partial charge in [0.05, 0.1) is 11.9 Å². The Hall–Kier alpha value is -2.70. The number of hydrogen-bond donors (Lipinski definition) is 2. The SMILES string of the molecule is CC1CC1c1cc(NC(=O)c2cnc3c(c2)ncn3C)n[nH]1. The van der Waals surface area contributed by atoms with Crippen LogP contribution in [0, 0.1) is 5.92 Å². The van der Waals surface area contributed by atoms with Crippen molar-refractivity contribution in [2.45, 2.75) is 19.3 Å². The van der Waals surface area contributed by atoms with Crippen LogP contribution in [0.4, 0.5) is 5.82 Å². The van der Waals surface area contributed by atoms with Crippen LogP contribution >= 0.6 is 0 Å². The summed E-state index contributed by atoms with van der Waals surface area (Å²) in [6.07, 6.45) is 4.40. The van der Waals surface area contributed by atoms with E-state index in [4.69, 9.17) is 0 Å². The van der Waals surface area contributed by atoms with Gasteiger partial charge in [-0.05, 0) is 18.4 Å². The average molecular weight is 296 g/mol. The van der Waals surface area contributed by atoms with Crippen LogP contribution < -0.4 is 5.32 Å². The number of carbonyl (C=O) groups is 1. The first-order valence-electron chi connectivity index (χ1n) is 7.25. The van der Waals surface area contributed by atoms with Crippen molar-refractivity contribution in [3.63, 3.8) is 0 Å². The number of aryl methyl sites for hydroxylation is 1. The quantitative estimate of drug-likeness (QED) is 0.774. The molecular weight excluding hydrogens is 280 g/mol. The highest BCUT2D eigenvalue weighted by Crippen LogP contribution is 2.46. The van der Waals surface area contributed by atoms with E-state index >= 15 is 0 Å². The number of nitrogens with zero attached hydrogens (tertiary/aromatic N) is 4. The number of pyridine rings is 1. The van der Waals surface area contributed by atoms with Crippen molar-refractivity contribution in [2.75, 3.05) is 5.32 Å². The Kier molecular flexibility index (Phi) is 2.75. The van der Waals surface area contributed by atoms with Crippen molar-refractivity contribution in [3.05, 3.63) is 35.9 Å². The van der Waals surface area contributed by atoms with Crippen LogP contribution in [0.5, 0.6) is 0 Å². The number of amides is 1. The van der Waals surface area contributed by atoms with Gasteiger partial charge in [-0.3, -0.25) is 9.89 Å². The molecule has 0 aliphatic heterocycles. The van der Waals surface area contributed by atoms with Gasteiger partial charge in [-0.2, -0.15) is 5.10 Å². The summed E-state index contributed by atoms with van der Waals surface area (Å²) in [6, 6.07) is 3.63. The van der Waals surface area contributed by atoms with Gasteiger partial charge in [0.1, 0.15) is 5.52 Å². The molecule has 2 atom stereocenters. The third-order valence-corrected chi connectivity index (χ3v) is 4.16. The molecule has 0 spiro atoms. The smallest absolute Gasteiger partial charge is 0.258 e. The number of aromatic amines is 1. The van der Waals surface area contributed by atoms with Crippen molar-refractivity contribution in [3.8, 4) is 0 Å². The Morgan fingerprint density at radius 3 is 3.00 bits per heavy atom. The maximum atomic E-state index is 12.3. The number of hydrogen-bond acceptors (Lipinski definition) is 4. The van der Waals surface area contributed by atoms with Crippen LogP contribution in [0.2, 0.25) is 0 Å². The molecule has 7 heteroatoms. The highest BCUT2D eigenvalue weighted by molar-refractivity contribution is 6.04. The highest BCUT2D eigenvalue weighted by atomic mass is 16.1. The van der Waals surface area contributed by atoms with Gasteiger partial charge in [0.25, 0.3) is 5.91 Å². The molecule has 0 saturated heterocycles. The number of H-pyrrole nitrogens is 1. The second-order valence-corrected chi connectivity index (χ2v) is 5.90. The van der Waals surface area contributed by atoms with Crippen LogP contribution in [-0.4, -0.2) is 30.6 Å². The summed E-state index contributed by atoms with van der Waals surface area (Å²) >= 11 is 0. The minimum absolute atomic E-state index is 0.234. The molecule has 1 amide bonds. The van der Waals surface area contributed by atoms with Crippen molar-refractivity contribution >= 4 is 22.9 Å². The largest absolute Gasteiger partial charge is 0.318 e. The molecule has 0 bridgehead atoms. The monoisotopic (exact) mass is 296 g/mol. The molecule has 3 aromatic rings. The maximum absolute atomic E-state index is 12.3. The minimum Gasteiger partial charge on any atom is -0.318 e. The second-order valence-electron chi connectivity index (χ2n) is 5.90. The summed E-state index contributed by atoms with van der Waals surface area (Å²) in [5.41, 5.74) is 3.00. The number of aromatic nitrogens is 5. The first-order valence-corrected chi connectivity index (χ1v) is 7.25. The normalized spacial score (nSPS) is 20.3. The van der Waals surface area contributed by atoms with Gasteiger partial charge >= 0.3 is 0 Å². The van der Waals surface area contributed by atoms with E-state index in [0.29, 0.717) is 28.7 Å². The molecule has 22 heavy (non-hydrogen) atoms. The van der Waals surface area contributed by atoms with E-state index < -0.39 is 0 Å². The molecular formula is C15H16N6O. The summed E-state index contributed by atoms with van der Waals surface area (Å²) in [5.74, 6) is 1.55. The topological polar surface area (TPSA) is 88.5 Å². The van der Waals surface area contributed by atoms with Gasteiger partial charge in [-0.25, -0.2) is 9.97 Å². The lowest BCUT2D eigenvalue weighted by atomic mass is 10.2. The van der Waals surface area contributed by atoms with Crippen LogP contribution in [0.1, 0.15) is 35.3 Å². The molecule has 3 heterocycles. The van der Waals surface area contributed by atoms with E-state index in [-0.39, 0.29) is 5.91 Å². The lowest BCUT2D eigenvalue weighted by molar-refractivity contribution is 0.102. The zero-order valence-electron chi connectivity index (χ0n) is 12.4. The number of anilines is 1. The molecule has 0 radical (unpaired) electrons. The molecule has 1 aliphatic carbocycles. The van der Waals surface area contributed by atoms with Gasteiger partial charge in [-0.15, -0.1) is 0 Å². The van der Waals surface area contributed by atoms with Crippen LogP contribution in [-0.2, 0) is 7.05 Å². The van der Waals surface area contributed by atoms with E-state index in [0.717, 1.165) is 11.3 Å². The van der Waals surface area contributed by atoms with Crippen LogP contribution in [0.25, 0.3) is 11.2 Å². The van der Waals surface area contributed by atoms with Gasteiger partial charge in [-0.1, -0.05) is 6.92 Å². The predicted molar refractivity (Wildman–Crippen MR) is 81.6 cm³/mol. The molecule has 0 aromatic carbocycles. The first-order chi connectivity index (χ1) is 10.6. The summed E-state index contributed by atoms with van der Waals surface area (Å²) in [6.45, 7) is 2.21. The van der Waals surface area contributed by atoms with E-state index in [9.17, 15) is 4.79 Å². The highest BCUT2D eigenvalue weighted by Gasteiger charge is 2.35. The molecule has 2 unspecified atom stereocenters. The van der Waals surface area contributed by atoms with Crippen LogP contribution in [0.15, 0.2) is 24.7 Å². The Balaban J connectivity index is 1.54. The number of carbonyl (C=O) groups excluding carboxylic acids is 1. The fourth-order valence-corrected chi connectivity index (χ4v) is 2.67. The molecule has 7 nitrogen and oxygen atoms in total. The van der Waals surface area contributed by atoms with E-state index in [1.54, 1.807) is 18.6 Å². The molecule has 112 valence electrons. The number of rotatable bonds is 3. The Bertz CT molecular complexity index is 864. The van der Waals surface area contributed by atoms with Gasteiger partial charge in [0, 0.05) is 30.9 Å². The third kappa shape index (κ3) is 2.14. The van der Waals surface area contributed by atoms with Crippen molar-refractivity contribution in [1.29, 1.82) is 0 Å².